The molecule has 1 saturated carbocycles. The van der Waals surface area contributed by atoms with E-state index in [2.05, 4.69) is 66.3 Å². The molecule has 1 unspecified atom stereocenters. The minimum Gasteiger partial charge on any atom is -0.340 e. The summed E-state index contributed by atoms with van der Waals surface area (Å²) in [6, 6.07) is 20.7. The molecule has 11 heteroatoms. The average Bonchev–Trinajstić information content (AvgIpc) is 3.67. The van der Waals surface area contributed by atoms with Gasteiger partial charge in [-0.1, -0.05) is 59.5 Å². The second kappa shape index (κ2) is 15.8. The summed E-state index contributed by atoms with van der Waals surface area (Å²) < 4.78 is 1.99. The van der Waals surface area contributed by atoms with Crippen molar-refractivity contribution in [1.29, 1.82) is 5.26 Å². The number of piperidine rings is 1. The first-order valence-electron chi connectivity index (χ1n) is 19.5. The number of benzene rings is 3. The Morgan fingerprint density at radius 3 is 2.33 bits per heavy atom. The van der Waals surface area contributed by atoms with Crippen LogP contribution in [-0.4, -0.2) is 62.3 Å². The molecule has 3 aliphatic heterocycles. The number of carbonyl (C=O) groups excluding carboxylic acids is 4. The van der Waals surface area contributed by atoms with Gasteiger partial charge in [0, 0.05) is 65.8 Å². The fraction of sp³-hybridized carbons (Fsp3) is 0.348. The predicted molar refractivity (Wildman–Crippen MR) is 214 cm³/mol. The smallest absolute Gasteiger partial charge is 0.255 e. The van der Waals surface area contributed by atoms with Crippen molar-refractivity contribution in [2.24, 2.45) is 17.8 Å². The number of hydrogen-bond donors (Lipinski definition) is 1. The molecule has 1 aromatic heterocycles. The van der Waals surface area contributed by atoms with Crippen molar-refractivity contribution >= 4 is 35.2 Å². The van der Waals surface area contributed by atoms with E-state index in [0.717, 1.165) is 70.5 Å². The normalized spacial score (nSPS) is 20.4. The van der Waals surface area contributed by atoms with Crippen molar-refractivity contribution in [3.8, 4) is 41.0 Å². The largest absolute Gasteiger partial charge is 0.340 e. The lowest BCUT2D eigenvalue weighted by Gasteiger charge is -2.39. The molecule has 2 saturated heterocycles. The molecule has 0 radical (unpaired) electrons. The summed E-state index contributed by atoms with van der Waals surface area (Å²) in [5, 5.41) is 16.8. The van der Waals surface area contributed by atoms with Crippen LogP contribution in [0.15, 0.2) is 60.7 Å². The minimum absolute atomic E-state index is 0.0232. The summed E-state index contributed by atoms with van der Waals surface area (Å²) in [7, 11) is 0. The number of amides is 4. The number of fused-ring (bicyclic) bond motifs is 1. The van der Waals surface area contributed by atoms with Gasteiger partial charge < -0.3 is 9.80 Å². The molecule has 1 atom stereocenters. The molecule has 286 valence electrons. The summed E-state index contributed by atoms with van der Waals surface area (Å²) in [5.41, 5.74) is 8.54. The van der Waals surface area contributed by atoms with E-state index in [-0.39, 0.29) is 41.9 Å². The van der Waals surface area contributed by atoms with Gasteiger partial charge in [0.2, 0.25) is 17.7 Å². The molecule has 0 spiro atoms. The van der Waals surface area contributed by atoms with Crippen LogP contribution in [-0.2, 0) is 27.5 Å². The van der Waals surface area contributed by atoms with Crippen molar-refractivity contribution in [3.05, 3.63) is 110 Å². The van der Waals surface area contributed by atoms with Crippen LogP contribution in [0.5, 0.6) is 0 Å². The summed E-state index contributed by atoms with van der Waals surface area (Å²) in [5.74, 6) is 12.9. The molecule has 1 N–H and O–H groups in total. The van der Waals surface area contributed by atoms with Crippen LogP contribution in [0.2, 0.25) is 5.02 Å². The zero-order chi connectivity index (χ0) is 39.8. The summed E-state index contributed by atoms with van der Waals surface area (Å²) in [4.78, 5) is 53.8. The molecule has 3 fully saturated rings. The molecule has 1 aliphatic carbocycles. The van der Waals surface area contributed by atoms with Crippen LogP contribution >= 0.6 is 11.6 Å². The predicted octanol–water partition coefficient (Wildman–Crippen LogP) is 6.17. The quantitative estimate of drug-likeness (QED) is 0.191. The highest BCUT2D eigenvalue weighted by atomic mass is 35.5. The van der Waals surface area contributed by atoms with Gasteiger partial charge in [0.15, 0.2) is 0 Å². The lowest BCUT2D eigenvalue weighted by Crippen LogP contribution is -2.52. The molecule has 0 bridgehead atoms. The van der Waals surface area contributed by atoms with E-state index in [1.165, 1.54) is 4.90 Å². The number of imide groups is 1. The summed E-state index contributed by atoms with van der Waals surface area (Å²) in [6.45, 7) is 6.29. The summed E-state index contributed by atoms with van der Waals surface area (Å²) >= 11 is 6.29. The Morgan fingerprint density at radius 2 is 1.61 bits per heavy atom. The van der Waals surface area contributed by atoms with E-state index in [4.69, 9.17) is 16.7 Å². The summed E-state index contributed by atoms with van der Waals surface area (Å²) in [6.07, 6.45) is 4.03. The second-order valence-corrected chi connectivity index (χ2v) is 15.9. The molecule has 8 rings (SSSR count). The molecule has 10 nitrogen and oxygen atoms in total. The SMILES string of the molecule is Cc1c(-c2ccc(C#N)c(Cl)c2)nn(Cc2ccc(C#CC3CCC(C(=O)N4CC(C#Cc5ccc6c(c5)C(=O)N(C5CCC(=O)NC5=O)C6)C4)CC3)cc2)c1C. The van der Waals surface area contributed by atoms with Gasteiger partial charge in [-0.2, -0.15) is 10.4 Å². The van der Waals surface area contributed by atoms with Crippen molar-refractivity contribution in [1.82, 2.24) is 24.9 Å². The average molecular weight is 777 g/mol. The number of likely N-dealkylation sites (tertiary alicyclic amines) is 1. The van der Waals surface area contributed by atoms with E-state index in [0.29, 0.717) is 48.7 Å². The second-order valence-electron chi connectivity index (χ2n) is 15.5. The number of nitriles is 1. The van der Waals surface area contributed by atoms with E-state index in [9.17, 15) is 24.4 Å². The van der Waals surface area contributed by atoms with E-state index in [1.54, 1.807) is 18.2 Å². The maximum Gasteiger partial charge on any atom is 0.255 e. The van der Waals surface area contributed by atoms with E-state index >= 15 is 0 Å². The van der Waals surface area contributed by atoms with Crippen LogP contribution in [0.3, 0.4) is 0 Å². The monoisotopic (exact) mass is 776 g/mol. The lowest BCUT2D eigenvalue weighted by molar-refractivity contribution is -0.142. The van der Waals surface area contributed by atoms with Gasteiger partial charge in [-0.3, -0.25) is 29.2 Å². The van der Waals surface area contributed by atoms with Crippen LogP contribution < -0.4 is 5.32 Å². The molecule has 4 heterocycles. The van der Waals surface area contributed by atoms with Gasteiger partial charge in [0.1, 0.15) is 12.1 Å². The van der Waals surface area contributed by atoms with Crippen molar-refractivity contribution in [2.45, 2.75) is 71.5 Å². The molecule has 57 heavy (non-hydrogen) atoms. The zero-order valence-corrected chi connectivity index (χ0v) is 32.7. The third-order valence-corrected chi connectivity index (χ3v) is 12.1. The van der Waals surface area contributed by atoms with Crippen LogP contribution in [0, 0.1) is 66.6 Å². The van der Waals surface area contributed by atoms with Gasteiger partial charge in [0.25, 0.3) is 5.91 Å². The van der Waals surface area contributed by atoms with Gasteiger partial charge in [0.05, 0.1) is 28.7 Å². The third kappa shape index (κ3) is 7.82. The van der Waals surface area contributed by atoms with Gasteiger partial charge in [-0.05, 0) is 99.0 Å². The first kappa shape index (κ1) is 37.8. The molecular weight excluding hydrogens is 736 g/mol. The Hall–Kier alpha value is -6.15. The first-order valence-corrected chi connectivity index (χ1v) is 19.8. The van der Waals surface area contributed by atoms with Crippen molar-refractivity contribution < 1.29 is 19.2 Å². The number of hydrogen-bond acceptors (Lipinski definition) is 6. The Labute approximate surface area is 337 Å². The Balaban J connectivity index is 0.790. The first-order chi connectivity index (χ1) is 27.5. The molecular formula is C46H41ClN6O4. The van der Waals surface area contributed by atoms with E-state index < -0.39 is 11.9 Å². The minimum atomic E-state index is -0.642. The highest BCUT2D eigenvalue weighted by molar-refractivity contribution is 6.32. The molecule has 4 aromatic rings. The topological polar surface area (TPSA) is 128 Å². The highest BCUT2D eigenvalue weighted by Crippen LogP contribution is 2.33. The fourth-order valence-electron chi connectivity index (χ4n) is 8.18. The molecule has 4 aliphatic rings. The van der Waals surface area contributed by atoms with Crippen LogP contribution in [0.4, 0.5) is 0 Å². The van der Waals surface area contributed by atoms with Gasteiger partial charge >= 0.3 is 0 Å². The number of aromatic nitrogens is 2. The maximum atomic E-state index is 13.3. The highest BCUT2D eigenvalue weighted by Gasteiger charge is 2.39. The Bertz CT molecular complexity index is 2480. The molecule has 4 amide bonds. The Morgan fingerprint density at radius 1 is 0.895 bits per heavy atom. The van der Waals surface area contributed by atoms with E-state index in [1.807, 2.05) is 34.7 Å². The van der Waals surface area contributed by atoms with Crippen LogP contribution in [0.25, 0.3) is 11.3 Å². The van der Waals surface area contributed by atoms with Gasteiger partial charge in [-0.15, -0.1) is 0 Å². The maximum absolute atomic E-state index is 13.3. The van der Waals surface area contributed by atoms with Crippen molar-refractivity contribution in [3.63, 3.8) is 0 Å². The van der Waals surface area contributed by atoms with Gasteiger partial charge in [-0.25, -0.2) is 0 Å². The number of carbonyl (C=O) groups is 4. The number of nitrogens with one attached hydrogen (secondary N) is 1. The third-order valence-electron chi connectivity index (χ3n) is 11.8. The fourth-order valence-corrected chi connectivity index (χ4v) is 8.40. The zero-order valence-electron chi connectivity index (χ0n) is 31.9. The standard InChI is InChI=1S/C46H41ClN6O4/c1-28-29(2)53(50-43(28)36-17-18-37(23-48)40(47)22-36)26-33-8-5-30(6-9-33)3-4-31-11-14-35(15-12-31)45(56)51-24-34(25-51)10-7-32-13-16-38-27-52(46(57)39(38)21-32)41-19-20-42(54)49-44(41)55/h5-6,8-9,13,16-18,21-22,31,34-35,41H,11-12,14-15,19-20,24-27H2,1-2H3,(H,49,54,55). The molecule has 3 aromatic carbocycles. The number of rotatable bonds is 5. The number of nitrogens with zero attached hydrogens (tertiary/aromatic N) is 5. The Kier molecular flexibility index (Phi) is 10.4. The lowest BCUT2D eigenvalue weighted by atomic mass is 9.81. The number of halogens is 1. The van der Waals surface area contributed by atoms with Crippen LogP contribution in [0.1, 0.15) is 88.0 Å². The van der Waals surface area contributed by atoms with Crippen molar-refractivity contribution in [2.75, 3.05) is 13.1 Å².